The fourth-order valence-electron chi connectivity index (χ4n) is 3.64. The van der Waals surface area contributed by atoms with E-state index in [1.54, 1.807) is 24.3 Å². The maximum Gasteiger partial charge on any atom is 0.251 e. The summed E-state index contributed by atoms with van der Waals surface area (Å²) < 4.78 is 13.8. The predicted octanol–water partition coefficient (Wildman–Crippen LogP) is 4.39. The number of hydrogen-bond donors (Lipinski definition) is 1. The van der Waals surface area contributed by atoms with Crippen LogP contribution >= 0.6 is 11.3 Å². The highest BCUT2D eigenvalue weighted by Crippen LogP contribution is 2.42. The second-order valence-corrected chi connectivity index (χ2v) is 7.30. The fourth-order valence-corrected chi connectivity index (χ4v) is 4.95. The molecular weight excluding hydrogens is 323 g/mol. The molecule has 0 unspecified atom stereocenters. The van der Waals surface area contributed by atoms with Gasteiger partial charge in [0, 0.05) is 15.8 Å². The van der Waals surface area contributed by atoms with Crippen LogP contribution in [0.2, 0.25) is 0 Å². The number of carbonyl (C=O) groups is 1. The highest BCUT2D eigenvalue weighted by molar-refractivity contribution is 7.19. The molecule has 0 atom stereocenters. The summed E-state index contributed by atoms with van der Waals surface area (Å²) in [6, 6.07) is 6.36. The molecule has 0 bridgehead atoms. The zero-order valence-corrected chi connectivity index (χ0v) is 14.2. The van der Waals surface area contributed by atoms with Gasteiger partial charge in [-0.05, 0) is 55.9 Å². The summed E-state index contributed by atoms with van der Waals surface area (Å²) in [4.78, 5) is 19.0. The van der Waals surface area contributed by atoms with Gasteiger partial charge in [0.05, 0.1) is 11.3 Å². The molecular formula is C19H17FN2OS. The lowest BCUT2D eigenvalue weighted by molar-refractivity contribution is 0.1000. The first-order valence-electron chi connectivity index (χ1n) is 8.07. The summed E-state index contributed by atoms with van der Waals surface area (Å²) in [5.74, 6) is -0.841. The molecule has 1 aliphatic carbocycles. The Hall–Kier alpha value is -2.27. The summed E-state index contributed by atoms with van der Waals surface area (Å²) >= 11 is 1.69. The largest absolute Gasteiger partial charge is 0.366 e. The van der Waals surface area contributed by atoms with Crippen LogP contribution in [0.1, 0.15) is 39.3 Å². The first kappa shape index (κ1) is 15.3. The Morgan fingerprint density at radius 1 is 1.29 bits per heavy atom. The van der Waals surface area contributed by atoms with Crippen molar-refractivity contribution >= 4 is 27.5 Å². The lowest BCUT2D eigenvalue weighted by Gasteiger charge is -2.15. The number of thiophene rings is 1. The minimum absolute atomic E-state index is 0.324. The number of aryl methyl sites for hydroxylation is 3. The standard InChI is InChI=1S/C19H17FN2OS/c1-10-15(18(21)23)16(11-5-4-6-12(20)9-11)17-13-7-2-3-8-14(13)24-19(17)22-10/h4-6,9H,2-3,7-8H2,1H3,(H2,21,23). The third kappa shape index (κ3) is 2.31. The molecule has 2 heterocycles. The lowest BCUT2D eigenvalue weighted by Crippen LogP contribution is -2.15. The zero-order chi connectivity index (χ0) is 16.8. The lowest BCUT2D eigenvalue weighted by atomic mass is 9.89. The quantitative estimate of drug-likeness (QED) is 0.752. The van der Waals surface area contributed by atoms with Crippen LogP contribution in [-0.4, -0.2) is 10.9 Å². The third-order valence-electron chi connectivity index (χ3n) is 4.64. The first-order valence-corrected chi connectivity index (χ1v) is 8.88. The van der Waals surface area contributed by atoms with Crippen LogP contribution in [0.4, 0.5) is 4.39 Å². The molecule has 0 aliphatic heterocycles. The van der Waals surface area contributed by atoms with E-state index >= 15 is 0 Å². The Bertz CT molecular complexity index is 977. The van der Waals surface area contributed by atoms with Gasteiger partial charge in [-0.25, -0.2) is 9.37 Å². The van der Waals surface area contributed by atoms with Crippen LogP contribution in [0.5, 0.6) is 0 Å². The number of nitrogens with zero attached hydrogens (tertiary/aromatic N) is 1. The molecule has 0 saturated carbocycles. The smallest absolute Gasteiger partial charge is 0.251 e. The summed E-state index contributed by atoms with van der Waals surface area (Å²) in [5.41, 5.74) is 9.35. The Labute approximate surface area is 143 Å². The molecule has 24 heavy (non-hydrogen) atoms. The van der Waals surface area contributed by atoms with Crippen molar-refractivity contribution in [3.8, 4) is 11.1 Å². The van der Waals surface area contributed by atoms with Crippen molar-refractivity contribution in [1.29, 1.82) is 0 Å². The van der Waals surface area contributed by atoms with E-state index in [2.05, 4.69) is 4.98 Å². The monoisotopic (exact) mass is 340 g/mol. The number of pyridine rings is 1. The van der Waals surface area contributed by atoms with E-state index in [0.717, 1.165) is 35.0 Å². The number of halogens is 1. The van der Waals surface area contributed by atoms with Gasteiger partial charge in [0.15, 0.2) is 0 Å². The van der Waals surface area contributed by atoms with Crippen LogP contribution in [-0.2, 0) is 12.8 Å². The molecule has 122 valence electrons. The first-order chi connectivity index (χ1) is 11.6. The fraction of sp³-hybridized carbons (Fsp3) is 0.263. The van der Waals surface area contributed by atoms with Crippen molar-refractivity contribution in [2.45, 2.75) is 32.6 Å². The highest BCUT2D eigenvalue weighted by atomic mass is 32.1. The van der Waals surface area contributed by atoms with Gasteiger partial charge < -0.3 is 5.73 Å². The van der Waals surface area contributed by atoms with Crippen LogP contribution in [0.15, 0.2) is 24.3 Å². The van der Waals surface area contributed by atoms with Gasteiger partial charge in [0.2, 0.25) is 0 Å². The minimum Gasteiger partial charge on any atom is -0.366 e. The van der Waals surface area contributed by atoms with Crippen molar-refractivity contribution in [2.75, 3.05) is 0 Å². The van der Waals surface area contributed by atoms with Crippen molar-refractivity contribution in [3.63, 3.8) is 0 Å². The second-order valence-electron chi connectivity index (χ2n) is 6.21. The normalized spacial score (nSPS) is 13.9. The zero-order valence-electron chi connectivity index (χ0n) is 13.4. The van der Waals surface area contributed by atoms with Gasteiger partial charge in [-0.3, -0.25) is 4.79 Å². The van der Waals surface area contributed by atoms with Crippen molar-refractivity contribution in [3.05, 3.63) is 51.8 Å². The van der Waals surface area contributed by atoms with Crippen LogP contribution in [0.3, 0.4) is 0 Å². The van der Waals surface area contributed by atoms with E-state index in [1.165, 1.54) is 29.0 Å². The SMILES string of the molecule is Cc1nc2sc3c(c2c(-c2cccc(F)c2)c1C(N)=O)CCCC3. The van der Waals surface area contributed by atoms with Gasteiger partial charge in [0.25, 0.3) is 5.91 Å². The summed E-state index contributed by atoms with van der Waals surface area (Å²) in [5, 5.41) is 0.986. The number of hydrogen-bond acceptors (Lipinski definition) is 3. The number of benzene rings is 1. The number of aromatic nitrogens is 1. The van der Waals surface area contributed by atoms with Crippen molar-refractivity contribution < 1.29 is 9.18 Å². The van der Waals surface area contributed by atoms with Gasteiger partial charge >= 0.3 is 0 Å². The van der Waals surface area contributed by atoms with E-state index in [0.29, 0.717) is 16.8 Å². The van der Waals surface area contributed by atoms with Crippen molar-refractivity contribution in [1.82, 2.24) is 4.98 Å². The molecule has 1 aliphatic rings. The number of nitrogens with two attached hydrogens (primary N) is 1. The topological polar surface area (TPSA) is 56.0 Å². The van der Waals surface area contributed by atoms with Crippen molar-refractivity contribution in [2.24, 2.45) is 5.73 Å². The highest BCUT2D eigenvalue weighted by Gasteiger charge is 2.25. The van der Waals surface area contributed by atoms with Crippen LogP contribution in [0, 0.1) is 12.7 Å². The minimum atomic E-state index is -0.517. The summed E-state index contributed by atoms with van der Waals surface area (Å²) in [6.45, 7) is 1.79. The Morgan fingerprint density at radius 2 is 2.08 bits per heavy atom. The maximum absolute atomic E-state index is 13.8. The molecule has 0 spiro atoms. The second kappa shape index (κ2) is 5.67. The molecule has 2 N–H and O–H groups in total. The van der Waals surface area contributed by atoms with E-state index in [1.807, 2.05) is 6.07 Å². The number of fused-ring (bicyclic) bond motifs is 3. The Kier molecular flexibility index (Phi) is 3.61. The van der Waals surface area contributed by atoms with Crippen LogP contribution < -0.4 is 5.73 Å². The number of carbonyl (C=O) groups excluding carboxylic acids is 1. The predicted molar refractivity (Wildman–Crippen MR) is 94.9 cm³/mol. The molecule has 0 saturated heterocycles. The molecule has 4 rings (SSSR count). The van der Waals surface area contributed by atoms with Gasteiger partial charge in [-0.1, -0.05) is 12.1 Å². The average Bonchev–Trinajstić information content (AvgIpc) is 2.91. The van der Waals surface area contributed by atoms with Gasteiger partial charge in [-0.15, -0.1) is 11.3 Å². The molecule has 5 heteroatoms. The molecule has 0 radical (unpaired) electrons. The number of amides is 1. The van der Waals surface area contributed by atoms with E-state index in [-0.39, 0.29) is 5.82 Å². The van der Waals surface area contributed by atoms with Gasteiger partial charge in [0.1, 0.15) is 10.6 Å². The molecule has 2 aromatic heterocycles. The molecule has 1 amide bonds. The van der Waals surface area contributed by atoms with E-state index < -0.39 is 5.91 Å². The number of rotatable bonds is 2. The molecule has 3 aromatic rings. The molecule has 0 fully saturated rings. The van der Waals surface area contributed by atoms with Crippen LogP contribution in [0.25, 0.3) is 21.3 Å². The number of primary amides is 1. The van der Waals surface area contributed by atoms with E-state index in [9.17, 15) is 9.18 Å². The summed E-state index contributed by atoms with van der Waals surface area (Å²) in [6.07, 6.45) is 4.32. The van der Waals surface area contributed by atoms with Gasteiger partial charge in [-0.2, -0.15) is 0 Å². The summed E-state index contributed by atoms with van der Waals surface area (Å²) in [7, 11) is 0. The average molecular weight is 340 g/mol. The maximum atomic E-state index is 13.8. The Balaban J connectivity index is 2.16. The molecule has 3 nitrogen and oxygen atoms in total. The van der Waals surface area contributed by atoms with E-state index in [4.69, 9.17) is 5.73 Å². The third-order valence-corrected chi connectivity index (χ3v) is 5.83. The molecule has 1 aromatic carbocycles. The Morgan fingerprint density at radius 3 is 2.83 bits per heavy atom.